The highest BCUT2D eigenvalue weighted by atomic mass is 35.5. The lowest BCUT2D eigenvalue weighted by atomic mass is 10.2. The minimum absolute atomic E-state index is 0.114. The zero-order valence-electron chi connectivity index (χ0n) is 19.1. The third-order valence-electron chi connectivity index (χ3n) is 5.29. The van der Waals surface area contributed by atoms with Gasteiger partial charge in [-0.3, -0.25) is 9.36 Å². The molecule has 0 fully saturated rings. The van der Waals surface area contributed by atoms with E-state index in [1.807, 2.05) is 60.7 Å². The number of carbonyl (C=O) groups is 1. The van der Waals surface area contributed by atoms with E-state index in [2.05, 4.69) is 20.5 Å². The molecule has 0 atom stereocenters. The van der Waals surface area contributed by atoms with Gasteiger partial charge in [0.25, 0.3) is 5.91 Å². The molecular formula is C27H18ClN5O2S2. The third-order valence-corrected chi connectivity index (χ3v) is 6.95. The van der Waals surface area contributed by atoms with E-state index < -0.39 is 5.91 Å². The Balaban J connectivity index is 1.48. The van der Waals surface area contributed by atoms with Crippen molar-refractivity contribution in [2.45, 2.75) is 0 Å². The van der Waals surface area contributed by atoms with Gasteiger partial charge >= 0.3 is 0 Å². The van der Waals surface area contributed by atoms with Crippen molar-refractivity contribution in [3.05, 3.63) is 110 Å². The number of nitrogens with one attached hydrogen (secondary N) is 1. The molecule has 0 bridgehead atoms. The minimum Gasteiger partial charge on any atom is -0.508 e. The molecule has 0 aliphatic carbocycles. The molecule has 5 rings (SSSR count). The fraction of sp³-hybridized carbons (Fsp3) is 0. The molecule has 182 valence electrons. The topological polar surface area (TPSA) is 91.9 Å². The van der Waals surface area contributed by atoms with Gasteiger partial charge in [0.15, 0.2) is 9.77 Å². The Labute approximate surface area is 226 Å². The number of thiazole rings is 1. The lowest BCUT2D eigenvalue weighted by molar-refractivity contribution is 0.0959. The number of para-hydroxylation sites is 2. The number of phenols is 1. The van der Waals surface area contributed by atoms with Crippen LogP contribution in [0.5, 0.6) is 5.75 Å². The van der Waals surface area contributed by atoms with Gasteiger partial charge in [0.05, 0.1) is 11.7 Å². The summed E-state index contributed by atoms with van der Waals surface area (Å²) in [7, 11) is 0. The van der Waals surface area contributed by atoms with Gasteiger partial charge in [-0.05, 0) is 54.2 Å². The molecule has 1 amide bonds. The number of amides is 1. The average molecular weight is 544 g/mol. The molecule has 0 aliphatic rings. The molecule has 5 aromatic rings. The number of phenolic OH excluding ortho intramolecular Hbond substituents is 1. The van der Waals surface area contributed by atoms with E-state index in [1.165, 1.54) is 6.21 Å². The Kier molecular flexibility index (Phi) is 7.18. The number of hydrogen-bond donors (Lipinski definition) is 2. The first kappa shape index (κ1) is 24.5. The Bertz CT molecular complexity index is 1730. The van der Waals surface area contributed by atoms with Crippen LogP contribution in [0.2, 0.25) is 5.15 Å². The lowest BCUT2D eigenvalue weighted by Gasteiger charge is -2.06. The highest BCUT2D eigenvalue weighted by molar-refractivity contribution is 7.73. The summed E-state index contributed by atoms with van der Waals surface area (Å²) in [5.74, 6) is -0.0130. The van der Waals surface area contributed by atoms with E-state index in [1.54, 1.807) is 35.0 Å². The first-order chi connectivity index (χ1) is 18.0. The summed E-state index contributed by atoms with van der Waals surface area (Å²) < 4.78 is 2.17. The van der Waals surface area contributed by atoms with Crippen LogP contribution in [-0.4, -0.2) is 33.0 Å². The SMILES string of the molecule is O=C(N/N=C/c1cc2ccccc2nc1Cl)c1sc(=S)n(-c2ccccc2)c1/N=C/c1cccc(O)c1. The highest BCUT2D eigenvalue weighted by Crippen LogP contribution is 2.31. The van der Waals surface area contributed by atoms with Gasteiger partial charge in [0.1, 0.15) is 15.8 Å². The molecule has 0 aliphatic heterocycles. The number of fused-ring (bicyclic) bond motifs is 1. The number of carbonyl (C=O) groups excluding carboxylic acids is 1. The maximum atomic E-state index is 13.2. The van der Waals surface area contributed by atoms with Gasteiger partial charge in [-0.2, -0.15) is 5.10 Å². The molecule has 0 saturated carbocycles. The van der Waals surface area contributed by atoms with E-state index in [-0.39, 0.29) is 15.8 Å². The van der Waals surface area contributed by atoms with Gasteiger partial charge in [-0.1, -0.05) is 71.5 Å². The van der Waals surface area contributed by atoms with E-state index in [0.29, 0.717) is 20.9 Å². The summed E-state index contributed by atoms with van der Waals surface area (Å²) >= 11 is 13.0. The molecule has 2 aromatic heterocycles. The third kappa shape index (κ3) is 5.49. The molecule has 37 heavy (non-hydrogen) atoms. The fourth-order valence-electron chi connectivity index (χ4n) is 3.59. The van der Waals surface area contributed by atoms with Crippen molar-refractivity contribution in [1.29, 1.82) is 0 Å². The van der Waals surface area contributed by atoms with Crippen LogP contribution in [0.4, 0.5) is 5.82 Å². The Morgan fingerprint density at radius 1 is 1.03 bits per heavy atom. The van der Waals surface area contributed by atoms with E-state index in [4.69, 9.17) is 23.8 Å². The van der Waals surface area contributed by atoms with Crippen LogP contribution >= 0.6 is 35.2 Å². The fourth-order valence-corrected chi connectivity index (χ4v) is 5.05. The largest absolute Gasteiger partial charge is 0.508 e. The van der Waals surface area contributed by atoms with Crippen LogP contribution in [0, 0.1) is 3.95 Å². The summed E-state index contributed by atoms with van der Waals surface area (Å²) in [6.07, 6.45) is 3.01. The number of aliphatic imine (C=N–C) groups is 1. The summed E-state index contributed by atoms with van der Waals surface area (Å²) in [5, 5.41) is 15.1. The Hall–Kier alpha value is -4.18. The van der Waals surface area contributed by atoms with Crippen LogP contribution < -0.4 is 5.43 Å². The number of pyridine rings is 1. The monoisotopic (exact) mass is 543 g/mol. The van der Waals surface area contributed by atoms with Crippen LogP contribution in [0.3, 0.4) is 0 Å². The molecule has 7 nitrogen and oxygen atoms in total. The lowest BCUT2D eigenvalue weighted by Crippen LogP contribution is -2.17. The van der Waals surface area contributed by atoms with Gasteiger partial charge < -0.3 is 5.11 Å². The standard InChI is InChI=1S/C27H18ClN5O2S2/c28-24-19(14-18-8-4-5-12-22(18)31-24)16-30-32-26(35)23-25(29-15-17-7-6-11-21(34)13-17)33(27(36)37-23)20-9-2-1-3-10-20/h1-16,34H,(H,32,35)/b29-15+,30-16+. The van der Waals surface area contributed by atoms with E-state index in [0.717, 1.165) is 27.9 Å². The quantitative estimate of drug-likeness (QED) is 0.108. The summed E-state index contributed by atoms with van der Waals surface area (Å²) in [6.45, 7) is 0. The van der Waals surface area contributed by atoms with Gasteiger partial charge in [0, 0.05) is 22.9 Å². The molecule has 0 saturated heterocycles. The zero-order valence-corrected chi connectivity index (χ0v) is 21.5. The number of hydrazone groups is 1. The Morgan fingerprint density at radius 3 is 2.62 bits per heavy atom. The molecule has 0 radical (unpaired) electrons. The van der Waals surface area contributed by atoms with Crippen molar-refractivity contribution in [3.63, 3.8) is 0 Å². The molecule has 2 heterocycles. The molecule has 0 unspecified atom stereocenters. The van der Waals surface area contributed by atoms with E-state index in [9.17, 15) is 9.90 Å². The molecular weight excluding hydrogens is 526 g/mol. The number of hydrogen-bond acceptors (Lipinski definition) is 7. The van der Waals surface area contributed by atoms with Crippen LogP contribution in [0.1, 0.15) is 20.8 Å². The number of benzene rings is 3. The number of nitrogens with zero attached hydrogens (tertiary/aromatic N) is 4. The van der Waals surface area contributed by atoms with Crippen molar-refractivity contribution in [2.75, 3.05) is 0 Å². The smallest absolute Gasteiger partial charge is 0.285 e. The first-order valence-electron chi connectivity index (χ1n) is 11.0. The van der Waals surface area contributed by atoms with Gasteiger partial charge in [-0.25, -0.2) is 15.4 Å². The average Bonchev–Trinajstić information content (AvgIpc) is 3.24. The zero-order chi connectivity index (χ0) is 25.8. The van der Waals surface area contributed by atoms with Crippen molar-refractivity contribution < 1.29 is 9.90 Å². The molecule has 10 heteroatoms. The molecule has 0 spiro atoms. The molecule has 3 aromatic carbocycles. The maximum absolute atomic E-state index is 13.2. The number of halogens is 1. The first-order valence-corrected chi connectivity index (χ1v) is 12.6. The van der Waals surface area contributed by atoms with Crippen molar-refractivity contribution in [1.82, 2.24) is 15.0 Å². The van der Waals surface area contributed by atoms with Crippen molar-refractivity contribution >= 4 is 70.2 Å². The number of aromatic nitrogens is 2. The van der Waals surface area contributed by atoms with Crippen LogP contribution in [0.25, 0.3) is 16.6 Å². The van der Waals surface area contributed by atoms with Gasteiger partial charge in [-0.15, -0.1) is 0 Å². The second-order valence-corrected chi connectivity index (χ2v) is 9.81. The van der Waals surface area contributed by atoms with Crippen molar-refractivity contribution in [3.8, 4) is 11.4 Å². The number of rotatable bonds is 6. The van der Waals surface area contributed by atoms with Gasteiger partial charge in [0.2, 0.25) is 0 Å². The highest BCUT2D eigenvalue weighted by Gasteiger charge is 2.20. The molecule has 2 N–H and O–H groups in total. The predicted molar refractivity (Wildman–Crippen MR) is 152 cm³/mol. The normalized spacial score (nSPS) is 11.5. The second kappa shape index (κ2) is 10.8. The number of aromatic hydroxyl groups is 1. The van der Waals surface area contributed by atoms with E-state index >= 15 is 0 Å². The Morgan fingerprint density at radius 2 is 1.81 bits per heavy atom. The summed E-state index contributed by atoms with van der Waals surface area (Å²) in [5.41, 5.74) is 5.31. The minimum atomic E-state index is -0.477. The predicted octanol–water partition coefficient (Wildman–Crippen LogP) is 6.69. The maximum Gasteiger partial charge on any atom is 0.285 e. The van der Waals surface area contributed by atoms with Crippen LogP contribution in [-0.2, 0) is 0 Å². The summed E-state index contributed by atoms with van der Waals surface area (Å²) in [6, 6.07) is 25.5. The summed E-state index contributed by atoms with van der Waals surface area (Å²) in [4.78, 5) is 22.4. The van der Waals surface area contributed by atoms with Crippen LogP contribution in [0.15, 0.2) is 95.0 Å². The van der Waals surface area contributed by atoms with Crippen molar-refractivity contribution in [2.24, 2.45) is 10.1 Å². The second-order valence-electron chi connectivity index (χ2n) is 7.81.